The number of fused-ring (bicyclic) bond motifs is 1. The molecule has 0 saturated carbocycles. The van der Waals surface area contributed by atoms with Crippen molar-refractivity contribution in [3.8, 4) is 0 Å². The van der Waals surface area contributed by atoms with Gasteiger partial charge in [-0.1, -0.05) is 30.3 Å². The summed E-state index contributed by atoms with van der Waals surface area (Å²) in [6.07, 6.45) is 0. The average Bonchev–Trinajstić information content (AvgIpc) is 2.90. The Kier molecular flexibility index (Phi) is 4.21. The number of nitrogens with one attached hydrogen (secondary N) is 2. The number of hydrogen-bond acceptors (Lipinski definition) is 3. The van der Waals surface area contributed by atoms with Gasteiger partial charge in [0.2, 0.25) is 0 Å². The summed E-state index contributed by atoms with van der Waals surface area (Å²) >= 11 is 0. The van der Waals surface area contributed by atoms with Crippen molar-refractivity contribution in [1.29, 1.82) is 0 Å². The molecule has 0 fully saturated rings. The first-order valence-electron chi connectivity index (χ1n) is 7.96. The summed E-state index contributed by atoms with van der Waals surface area (Å²) in [5, 5.41) is 4.14. The minimum atomic E-state index is -0.398. The number of ketones is 2. The molecule has 1 atom stereocenters. The van der Waals surface area contributed by atoms with Gasteiger partial charge in [0.05, 0.1) is 6.04 Å². The largest absolute Gasteiger partial charge is 0.375 e. The van der Waals surface area contributed by atoms with Gasteiger partial charge in [0.15, 0.2) is 11.6 Å². The van der Waals surface area contributed by atoms with E-state index in [-0.39, 0.29) is 11.6 Å². The van der Waals surface area contributed by atoms with Crippen LogP contribution in [0.1, 0.15) is 40.3 Å². The Balaban J connectivity index is 1.88. The Hall–Kier alpha value is -2.88. The van der Waals surface area contributed by atoms with Gasteiger partial charge in [-0.15, -0.1) is 0 Å². The van der Waals surface area contributed by atoms with Crippen molar-refractivity contribution >= 4 is 28.2 Å². The molecule has 0 radical (unpaired) electrons. The smallest absolute Gasteiger partial charge is 0.187 e. The molecule has 3 rings (SSSR count). The van der Waals surface area contributed by atoms with Crippen molar-refractivity contribution in [3.63, 3.8) is 0 Å². The fraction of sp³-hybridized carbons (Fsp3) is 0.200. The number of aromatic nitrogens is 1. The molecule has 0 aliphatic heterocycles. The van der Waals surface area contributed by atoms with E-state index in [1.165, 1.54) is 6.92 Å². The van der Waals surface area contributed by atoms with Crippen LogP contribution in [0.25, 0.3) is 10.9 Å². The van der Waals surface area contributed by atoms with E-state index in [0.29, 0.717) is 11.1 Å². The van der Waals surface area contributed by atoms with Crippen molar-refractivity contribution in [2.24, 2.45) is 0 Å². The Bertz CT molecular complexity index is 924. The van der Waals surface area contributed by atoms with E-state index in [4.69, 9.17) is 0 Å². The minimum absolute atomic E-state index is 0.00472. The van der Waals surface area contributed by atoms with E-state index in [9.17, 15) is 9.59 Å². The molecule has 24 heavy (non-hydrogen) atoms. The van der Waals surface area contributed by atoms with Crippen LogP contribution in [0.5, 0.6) is 0 Å². The molecular weight excluding hydrogens is 300 g/mol. The highest BCUT2D eigenvalue weighted by atomic mass is 16.1. The highest BCUT2D eigenvalue weighted by molar-refractivity contribution is 6.12. The molecule has 4 nitrogen and oxygen atoms in total. The fourth-order valence-corrected chi connectivity index (χ4v) is 2.95. The second-order valence-corrected chi connectivity index (χ2v) is 6.04. The van der Waals surface area contributed by atoms with E-state index < -0.39 is 6.04 Å². The lowest BCUT2D eigenvalue weighted by Gasteiger charge is -2.15. The Morgan fingerprint density at radius 2 is 1.83 bits per heavy atom. The van der Waals surface area contributed by atoms with Crippen LogP contribution < -0.4 is 5.32 Å². The zero-order valence-corrected chi connectivity index (χ0v) is 14.0. The third-order valence-corrected chi connectivity index (χ3v) is 4.19. The maximum absolute atomic E-state index is 12.9. The van der Waals surface area contributed by atoms with Crippen LogP contribution in [0.3, 0.4) is 0 Å². The molecule has 0 bridgehead atoms. The van der Waals surface area contributed by atoms with Crippen LogP contribution in [-0.4, -0.2) is 22.6 Å². The average molecular weight is 320 g/mol. The van der Waals surface area contributed by atoms with Gasteiger partial charge in [0.1, 0.15) is 0 Å². The molecule has 0 amide bonds. The number of hydrogen-bond donors (Lipinski definition) is 2. The number of benzene rings is 2. The number of anilines is 1. The summed E-state index contributed by atoms with van der Waals surface area (Å²) in [5.74, 6) is 0.0308. The Labute approximate surface area is 140 Å². The lowest BCUT2D eigenvalue weighted by molar-refractivity contribution is 0.0975. The zero-order chi connectivity index (χ0) is 17.3. The maximum Gasteiger partial charge on any atom is 0.187 e. The molecule has 122 valence electrons. The highest BCUT2D eigenvalue weighted by Crippen LogP contribution is 2.24. The predicted octanol–water partition coefficient (Wildman–Crippen LogP) is 4.36. The topological polar surface area (TPSA) is 62.0 Å². The number of carbonyl (C=O) groups excluding carboxylic acids is 2. The highest BCUT2D eigenvalue weighted by Gasteiger charge is 2.21. The second kappa shape index (κ2) is 6.32. The fourth-order valence-electron chi connectivity index (χ4n) is 2.95. The molecular formula is C20H20N2O2. The van der Waals surface area contributed by atoms with Gasteiger partial charge >= 0.3 is 0 Å². The molecule has 2 N–H and O–H groups in total. The zero-order valence-electron chi connectivity index (χ0n) is 14.0. The number of para-hydroxylation sites is 1. The van der Waals surface area contributed by atoms with Crippen molar-refractivity contribution in [2.75, 3.05) is 5.32 Å². The molecule has 0 spiro atoms. The Morgan fingerprint density at radius 1 is 1.08 bits per heavy atom. The lowest BCUT2D eigenvalue weighted by Crippen LogP contribution is -2.26. The van der Waals surface area contributed by atoms with Crippen LogP contribution in [-0.2, 0) is 0 Å². The standard InChI is InChI=1S/C20H20N2O2/c1-12-19(17-9-4-5-10-18(17)22-12)20(24)13(2)21-16-8-6-7-15(11-16)14(3)23/h4-11,13,21-22H,1-3H3/t13-/m1/s1. The number of Topliss-reactive ketones (excluding diaryl/α,β-unsaturated/α-hetero) is 2. The van der Waals surface area contributed by atoms with Crippen molar-refractivity contribution in [1.82, 2.24) is 4.98 Å². The first-order valence-corrected chi connectivity index (χ1v) is 7.96. The quantitative estimate of drug-likeness (QED) is 0.687. The molecule has 2 aromatic carbocycles. The molecule has 0 unspecified atom stereocenters. The van der Waals surface area contributed by atoms with E-state index in [1.807, 2.05) is 50.2 Å². The summed E-state index contributed by atoms with van der Waals surface area (Å²) in [6, 6.07) is 14.6. The normalized spacial score (nSPS) is 12.1. The lowest BCUT2D eigenvalue weighted by atomic mass is 10.0. The minimum Gasteiger partial charge on any atom is -0.375 e. The molecule has 3 aromatic rings. The van der Waals surface area contributed by atoms with Crippen LogP contribution in [0.2, 0.25) is 0 Å². The summed E-state index contributed by atoms with van der Waals surface area (Å²) in [6.45, 7) is 5.28. The van der Waals surface area contributed by atoms with Crippen LogP contribution in [0.4, 0.5) is 5.69 Å². The van der Waals surface area contributed by atoms with Crippen LogP contribution in [0.15, 0.2) is 48.5 Å². The van der Waals surface area contributed by atoms with Gasteiger partial charge in [-0.05, 0) is 39.0 Å². The second-order valence-electron chi connectivity index (χ2n) is 6.04. The first-order chi connectivity index (χ1) is 11.5. The summed E-state index contributed by atoms with van der Waals surface area (Å²) in [4.78, 5) is 27.7. The van der Waals surface area contributed by atoms with Crippen molar-refractivity contribution in [3.05, 3.63) is 65.4 Å². The van der Waals surface area contributed by atoms with Gasteiger partial charge in [0.25, 0.3) is 0 Å². The summed E-state index contributed by atoms with van der Waals surface area (Å²) in [7, 11) is 0. The number of aromatic amines is 1. The van der Waals surface area contributed by atoms with Gasteiger partial charge < -0.3 is 10.3 Å². The SMILES string of the molecule is CC(=O)c1cccc(N[C@H](C)C(=O)c2c(C)[nH]c3ccccc23)c1. The Morgan fingerprint density at radius 3 is 2.58 bits per heavy atom. The van der Waals surface area contributed by atoms with Crippen molar-refractivity contribution < 1.29 is 9.59 Å². The van der Waals surface area contributed by atoms with E-state index >= 15 is 0 Å². The van der Waals surface area contributed by atoms with Gasteiger partial charge in [0, 0.05) is 33.4 Å². The monoisotopic (exact) mass is 320 g/mol. The van der Waals surface area contributed by atoms with E-state index in [2.05, 4.69) is 10.3 Å². The number of rotatable bonds is 5. The summed E-state index contributed by atoms with van der Waals surface area (Å²) < 4.78 is 0. The number of carbonyl (C=O) groups is 2. The molecule has 0 saturated heterocycles. The third kappa shape index (κ3) is 2.95. The van der Waals surface area contributed by atoms with Gasteiger partial charge in [-0.2, -0.15) is 0 Å². The van der Waals surface area contributed by atoms with E-state index in [0.717, 1.165) is 22.3 Å². The van der Waals surface area contributed by atoms with Crippen LogP contribution in [0, 0.1) is 6.92 Å². The molecule has 0 aliphatic rings. The van der Waals surface area contributed by atoms with Crippen molar-refractivity contribution in [2.45, 2.75) is 26.8 Å². The molecule has 0 aliphatic carbocycles. The van der Waals surface area contributed by atoms with Gasteiger partial charge in [-0.3, -0.25) is 9.59 Å². The third-order valence-electron chi connectivity index (χ3n) is 4.19. The van der Waals surface area contributed by atoms with Crippen LogP contribution >= 0.6 is 0 Å². The molecule has 4 heteroatoms. The predicted molar refractivity (Wildman–Crippen MR) is 96.9 cm³/mol. The number of H-pyrrole nitrogens is 1. The van der Waals surface area contributed by atoms with Gasteiger partial charge in [-0.25, -0.2) is 0 Å². The first kappa shape index (κ1) is 16.0. The summed E-state index contributed by atoms with van der Waals surface area (Å²) in [5.41, 5.74) is 3.94. The van der Waals surface area contributed by atoms with E-state index in [1.54, 1.807) is 12.1 Å². The molecule has 1 aromatic heterocycles. The number of aryl methyl sites for hydroxylation is 1. The maximum atomic E-state index is 12.9. The molecule has 1 heterocycles.